The zero-order valence-electron chi connectivity index (χ0n) is 11.6. The molecular weight excluding hydrogens is 246 g/mol. The number of carbonyl (C=O) groups is 1. The molecule has 0 aromatic heterocycles. The lowest BCUT2D eigenvalue weighted by molar-refractivity contribution is -0.124. The Balaban J connectivity index is 2.43. The topological polar surface area (TPSA) is 67.8 Å². The molecule has 1 aromatic carbocycles. The van der Waals surface area contributed by atoms with Gasteiger partial charge in [0.05, 0.1) is 12.7 Å². The highest BCUT2D eigenvalue weighted by Crippen LogP contribution is 2.18. The van der Waals surface area contributed by atoms with Crippen molar-refractivity contribution in [3.8, 4) is 5.75 Å². The average molecular weight is 267 g/mol. The molecule has 0 aliphatic rings. The van der Waals surface area contributed by atoms with Gasteiger partial charge in [0.15, 0.2) is 6.61 Å². The molecule has 5 heteroatoms. The number of aliphatic hydroxyl groups excluding tert-OH is 1. The van der Waals surface area contributed by atoms with E-state index >= 15 is 0 Å². The molecule has 1 rings (SSSR count). The molecule has 106 valence electrons. The zero-order chi connectivity index (χ0) is 14.3. The molecule has 0 aliphatic carbocycles. The van der Waals surface area contributed by atoms with Gasteiger partial charge in [0, 0.05) is 13.2 Å². The molecule has 2 atom stereocenters. The van der Waals surface area contributed by atoms with E-state index in [4.69, 9.17) is 9.47 Å². The van der Waals surface area contributed by atoms with E-state index in [-0.39, 0.29) is 18.6 Å². The predicted molar refractivity (Wildman–Crippen MR) is 72.1 cm³/mol. The van der Waals surface area contributed by atoms with Crippen molar-refractivity contribution in [2.75, 3.05) is 20.3 Å². The molecule has 0 saturated heterocycles. The van der Waals surface area contributed by atoms with Crippen LogP contribution in [0.3, 0.4) is 0 Å². The summed E-state index contributed by atoms with van der Waals surface area (Å²) in [4.78, 5) is 11.6. The van der Waals surface area contributed by atoms with Gasteiger partial charge in [0.2, 0.25) is 0 Å². The van der Waals surface area contributed by atoms with Gasteiger partial charge in [0.1, 0.15) is 5.75 Å². The maximum Gasteiger partial charge on any atom is 0.258 e. The normalized spacial score (nSPS) is 13.7. The van der Waals surface area contributed by atoms with Gasteiger partial charge >= 0.3 is 0 Å². The number of amides is 1. The maximum absolute atomic E-state index is 11.6. The van der Waals surface area contributed by atoms with Gasteiger partial charge in [-0.05, 0) is 31.5 Å². The Morgan fingerprint density at radius 1 is 1.42 bits per heavy atom. The van der Waals surface area contributed by atoms with Gasteiger partial charge in [-0.3, -0.25) is 4.79 Å². The number of methoxy groups -OCH3 is 1. The lowest BCUT2D eigenvalue weighted by Crippen LogP contribution is -2.38. The smallest absolute Gasteiger partial charge is 0.258 e. The molecule has 0 bridgehead atoms. The Morgan fingerprint density at radius 2 is 2.16 bits per heavy atom. The molecular formula is C14H21NO4. The standard InChI is InChI=1S/C14H21NO4/c1-10(8-18-3)15-14(17)9-19-13-6-4-5-12(7-13)11(2)16/h4-7,10-11,16H,8-9H2,1-3H3,(H,15,17). The highest BCUT2D eigenvalue weighted by Gasteiger charge is 2.08. The van der Waals surface area contributed by atoms with E-state index < -0.39 is 6.10 Å². The van der Waals surface area contributed by atoms with Crippen molar-refractivity contribution in [2.24, 2.45) is 0 Å². The van der Waals surface area contributed by atoms with E-state index in [1.807, 2.05) is 6.92 Å². The van der Waals surface area contributed by atoms with Crippen molar-refractivity contribution in [2.45, 2.75) is 26.0 Å². The minimum absolute atomic E-state index is 0.0510. The number of hydrogen-bond donors (Lipinski definition) is 2. The molecule has 1 aromatic rings. The summed E-state index contributed by atoms with van der Waals surface area (Å²) in [6.45, 7) is 3.94. The predicted octanol–water partition coefficient (Wildman–Crippen LogP) is 1.27. The van der Waals surface area contributed by atoms with Crippen LogP contribution >= 0.6 is 0 Å². The van der Waals surface area contributed by atoms with Crippen LogP contribution in [0.1, 0.15) is 25.5 Å². The highest BCUT2D eigenvalue weighted by atomic mass is 16.5. The first-order valence-corrected chi connectivity index (χ1v) is 6.22. The number of hydrogen-bond acceptors (Lipinski definition) is 4. The Kier molecular flexibility index (Phi) is 6.32. The van der Waals surface area contributed by atoms with Crippen molar-refractivity contribution in [3.63, 3.8) is 0 Å². The maximum atomic E-state index is 11.6. The summed E-state index contributed by atoms with van der Waals surface area (Å²) in [6, 6.07) is 7.00. The second kappa shape index (κ2) is 7.76. The lowest BCUT2D eigenvalue weighted by Gasteiger charge is -2.13. The summed E-state index contributed by atoms with van der Waals surface area (Å²) in [6.07, 6.45) is -0.556. The van der Waals surface area contributed by atoms with Gasteiger partial charge in [-0.15, -0.1) is 0 Å². The Labute approximate surface area is 113 Å². The fraction of sp³-hybridized carbons (Fsp3) is 0.500. The number of rotatable bonds is 7. The second-order valence-electron chi connectivity index (χ2n) is 4.46. The van der Waals surface area contributed by atoms with Crippen LogP contribution in [-0.2, 0) is 9.53 Å². The Morgan fingerprint density at radius 3 is 2.79 bits per heavy atom. The molecule has 0 aliphatic heterocycles. The van der Waals surface area contributed by atoms with Crippen LogP contribution in [0.4, 0.5) is 0 Å². The third kappa shape index (κ3) is 5.72. The molecule has 5 nitrogen and oxygen atoms in total. The summed E-state index contributed by atoms with van der Waals surface area (Å²) in [5, 5.41) is 12.2. The monoisotopic (exact) mass is 267 g/mol. The molecule has 0 spiro atoms. The van der Waals surface area contributed by atoms with Crippen LogP contribution in [0, 0.1) is 0 Å². The molecule has 19 heavy (non-hydrogen) atoms. The third-order valence-corrected chi connectivity index (χ3v) is 2.53. The number of ether oxygens (including phenoxy) is 2. The largest absolute Gasteiger partial charge is 0.484 e. The number of benzene rings is 1. The second-order valence-corrected chi connectivity index (χ2v) is 4.46. The van der Waals surface area contributed by atoms with Crippen LogP contribution in [0.5, 0.6) is 5.75 Å². The van der Waals surface area contributed by atoms with E-state index in [1.54, 1.807) is 38.3 Å². The third-order valence-electron chi connectivity index (χ3n) is 2.53. The number of carbonyl (C=O) groups excluding carboxylic acids is 1. The van der Waals surface area contributed by atoms with Crippen LogP contribution in [0.2, 0.25) is 0 Å². The molecule has 0 radical (unpaired) electrons. The Bertz CT molecular complexity index is 406. The van der Waals surface area contributed by atoms with E-state index in [9.17, 15) is 9.90 Å². The van der Waals surface area contributed by atoms with Crippen LogP contribution < -0.4 is 10.1 Å². The van der Waals surface area contributed by atoms with E-state index in [0.29, 0.717) is 12.4 Å². The summed E-state index contributed by atoms with van der Waals surface area (Å²) in [5.41, 5.74) is 0.755. The molecule has 0 fully saturated rings. The molecule has 0 saturated carbocycles. The lowest BCUT2D eigenvalue weighted by atomic mass is 10.1. The van der Waals surface area contributed by atoms with Gasteiger partial charge in [0.25, 0.3) is 5.91 Å². The van der Waals surface area contributed by atoms with Crippen molar-refractivity contribution < 1.29 is 19.4 Å². The van der Waals surface area contributed by atoms with Crippen LogP contribution in [-0.4, -0.2) is 37.4 Å². The first-order chi connectivity index (χ1) is 9.02. The molecule has 0 heterocycles. The number of aliphatic hydroxyl groups is 1. The fourth-order valence-electron chi connectivity index (χ4n) is 1.62. The van der Waals surface area contributed by atoms with Crippen LogP contribution in [0.25, 0.3) is 0 Å². The SMILES string of the molecule is COCC(C)NC(=O)COc1cccc(C(C)O)c1. The first-order valence-electron chi connectivity index (χ1n) is 6.22. The van der Waals surface area contributed by atoms with Crippen molar-refractivity contribution in [3.05, 3.63) is 29.8 Å². The Hall–Kier alpha value is -1.59. The molecule has 2 N–H and O–H groups in total. The fourth-order valence-corrected chi connectivity index (χ4v) is 1.62. The van der Waals surface area contributed by atoms with Crippen LogP contribution in [0.15, 0.2) is 24.3 Å². The molecule has 2 unspecified atom stereocenters. The minimum Gasteiger partial charge on any atom is -0.484 e. The van der Waals surface area contributed by atoms with Crippen molar-refractivity contribution in [1.29, 1.82) is 0 Å². The van der Waals surface area contributed by atoms with E-state index in [2.05, 4.69) is 5.32 Å². The summed E-state index contributed by atoms with van der Waals surface area (Å²) in [7, 11) is 1.58. The van der Waals surface area contributed by atoms with Gasteiger partial charge in [-0.25, -0.2) is 0 Å². The first kappa shape index (κ1) is 15.5. The molecule has 1 amide bonds. The number of nitrogens with one attached hydrogen (secondary N) is 1. The quantitative estimate of drug-likeness (QED) is 0.780. The highest BCUT2D eigenvalue weighted by molar-refractivity contribution is 5.77. The summed E-state index contributed by atoms with van der Waals surface area (Å²) < 4.78 is 10.3. The van der Waals surface area contributed by atoms with Gasteiger partial charge < -0.3 is 19.9 Å². The average Bonchev–Trinajstić information content (AvgIpc) is 2.37. The van der Waals surface area contributed by atoms with Gasteiger partial charge in [-0.1, -0.05) is 12.1 Å². The van der Waals surface area contributed by atoms with E-state index in [1.165, 1.54) is 0 Å². The van der Waals surface area contributed by atoms with E-state index in [0.717, 1.165) is 5.56 Å². The minimum atomic E-state index is -0.556. The van der Waals surface area contributed by atoms with Gasteiger partial charge in [-0.2, -0.15) is 0 Å². The summed E-state index contributed by atoms with van der Waals surface area (Å²) >= 11 is 0. The van der Waals surface area contributed by atoms with Crippen molar-refractivity contribution in [1.82, 2.24) is 5.32 Å². The summed E-state index contributed by atoms with van der Waals surface area (Å²) in [5.74, 6) is 0.361. The van der Waals surface area contributed by atoms with Crippen molar-refractivity contribution >= 4 is 5.91 Å². The zero-order valence-corrected chi connectivity index (χ0v) is 11.6.